The standard InChI is InChI=1S/C9H9N2.BF4/c1-2-5-8-6-3-4-7-9(8)11-10;2-1(3,4)5/h2-4,6-7H,1,5H2;/q+1;-1. The Balaban J connectivity index is 0.000000385. The summed E-state index contributed by atoms with van der Waals surface area (Å²) in [4.78, 5) is 3.14. The zero-order valence-corrected chi connectivity index (χ0v) is 8.28. The van der Waals surface area contributed by atoms with Crippen molar-refractivity contribution >= 4 is 12.9 Å². The van der Waals surface area contributed by atoms with Gasteiger partial charge in [0, 0.05) is 6.07 Å². The highest BCUT2D eigenvalue weighted by atomic mass is 19.5. The highest BCUT2D eigenvalue weighted by molar-refractivity contribution is 6.50. The molecule has 0 radical (unpaired) electrons. The van der Waals surface area contributed by atoms with E-state index in [9.17, 15) is 17.3 Å². The molecule has 0 saturated heterocycles. The minimum atomic E-state index is -6.00. The van der Waals surface area contributed by atoms with Crippen LogP contribution in [-0.4, -0.2) is 7.25 Å². The summed E-state index contributed by atoms with van der Waals surface area (Å²) < 4.78 is 39.0. The van der Waals surface area contributed by atoms with Gasteiger partial charge in [-0.2, -0.15) is 0 Å². The van der Waals surface area contributed by atoms with Crippen LogP contribution in [-0.2, 0) is 6.42 Å². The molecule has 0 aliphatic rings. The van der Waals surface area contributed by atoms with Crippen LogP contribution in [0.1, 0.15) is 5.56 Å². The van der Waals surface area contributed by atoms with Gasteiger partial charge in [0.25, 0.3) is 0 Å². The summed E-state index contributed by atoms with van der Waals surface area (Å²) in [7, 11) is -6.00. The number of benzene rings is 1. The molecule has 0 bridgehead atoms. The molecule has 0 N–H and O–H groups in total. The Labute approximate surface area is 90.3 Å². The Morgan fingerprint density at radius 2 is 1.75 bits per heavy atom. The predicted molar refractivity (Wildman–Crippen MR) is 55.3 cm³/mol. The van der Waals surface area contributed by atoms with Crippen molar-refractivity contribution in [3.8, 4) is 0 Å². The van der Waals surface area contributed by atoms with Gasteiger partial charge < -0.3 is 17.3 Å². The van der Waals surface area contributed by atoms with Crippen LogP contribution in [0.15, 0.2) is 36.9 Å². The first-order chi connectivity index (χ1) is 7.38. The highest BCUT2D eigenvalue weighted by Crippen LogP contribution is 2.18. The van der Waals surface area contributed by atoms with Gasteiger partial charge in [0.05, 0.1) is 5.56 Å². The zero-order chi connectivity index (χ0) is 12.6. The molecule has 0 heterocycles. The molecule has 0 atom stereocenters. The van der Waals surface area contributed by atoms with Crippen molar-refractivity contribution in [1.82, 2.24) is 0 Å². The first-order valence-corrected chi connectivity index (χ1v) is 4.29. The van der Waals surface area contributed by atoms with E-state index in [1.807, 2.05) is 18.2 Å². The highest BCUT2D eigenvalue weighted by Gasteiger charge is 2.20. The lowest BCUT2D eigenvalue weighted by Crippen LogP contribution is -2.02. The van der Waals surface area contributed by atoms with E-state index in [2.05, 4.69) is 11.6 Å². The van der Waals surface area contributed by atoms with Crippen molar-refractivity contribution in [3.63, 3.8) is 0 Å². The number of allylic oxidation sites excluding steroid dienone is 1. The van der Waals surface area contributed by atoms with Crippen LogP contribution < -0.4 is 0 Å². The molecule has 0 fully saturated rings. The summed E-state index contributed by atoms with van der Waals surface area (Å²) in [6.45, 7) is 3.61. The molecule has 0 aliphatic heterocycles. The first-order valence-electron chi connectivity index (χ1n) is 4.29. The lowest BCUT2D eigenvalue weighted by atomic mass is 10.1. The number of rotatable bonds is 2. The van der Waals surface area contributed by atoms with Crippen LogP contribution in [0.3, 0.4) is 0 Å². The monoisotopic (exact) mass is 232 g/mol. The molecule has 1 aromatic rings. The van der Waals surface area contributed by atoms with Crippen molar-refractivity contribution in [1.29, 1.82) is 5.39 Å². The molecule has 0 saturated carbocycles. The lowest BCUT2D eigenvalue weighted by Gasteiger charge is -1.94. The van der Waals surface area contributed by atoms with Gasteiger partial charge in [-0.3, -0.25) is 0 Å². The van der Waals surface area contributed by atoms with Crippen LogP contribution in [0, 0.1) is 5.39 Å². The average molecular weight is 232 g/mol. The molecule has 86 valence electrons. The van der Waals surface area contributed by atoms with Gasteiger partial charge in [-0.05, 0) is 6.42 Å². The normalized spacial score (nSPS) is 9.69. The summed E-state index contributed by atoms with van der Waals surface area (Å²) in [5.74, 6) is 0. The van der Waals surface area contributed by atoms with Gasteiger partial charge in [0.15, 0.2) is 4.98 Å². The van der Waals surface area contributed by atoms with Gasteiger partial charge in [-0.15, -0.1) is 6.58 Å². The number of hydrogen-bond donors (Lipinski definition) is 0. The van der Waals surface area contributed by atoms with Crippen molar-refractivity contribution in [2.45, 2.75) is 6.42 Å². The van der Waals surface area contributed by atoms with Crippen LogP contribution in [0.5, 0.6) is 0 Å². The minimum Gasteiger partial charge on any atom is -0.418 e. The van der Waals surface area contributed by atoms with Crippen LogP contribution in [0.25, 0.3) is 4.98 Å². The molecule has 1 rings (SSSR count). The molecule has 0 spiro atoms. The Hall–Kier alpha value is -1.84. The van der Waals surface area contributed by atoms with Gasteiger partial charge >= 0.3 is 12.9 Å². The SMILES string of the molecule is C=CCc1ccccc1[N+]#N.F[B-](F)(F)F. The minimum absolute atomic E-state index is 0.618. The maximum atomic E-state index is 9.75. The number of diazo groups is 1. The number of hydrogen-bond acceptors (Lipinski definition) is 1. The molecule has 0 aromatic heterocycles. The van der Waals surface area contributed by atoms with Crippen LogP contribution >= 0.6 is 0 Å². The fourth-order valence-electron chi connectivity index (χ4n) is 0.936. The van der Waals surface area contributed by atoms with Gasteiger partial charge in [-0.1, -0.05) is 24.3 Å². The predicted octanol–water partition coefficient (Wildman–Crippen LogP) is 4.20. The maximum Gasteiger partial charge on any atom is 0.673 e. The molecule has 1 aromatic carbocycles. The van der Waals surface area contributed by atoms with Gasteiger partial charge in [0.2, 0.25) is 5.39 Å². The second-order valence-electron chi connectivity index (χ2n) is 2.72. The second-order valence-corrected chi connectivity index (χ2v) is 2.72. The molecule has 2 nitrogen and oxygen atoms in total. The van der Waals surface area contributed by atoms with Gasteiger partial charge in [0.1, 0.15) is 0 Å². The fourth-order valence-corrected chi connectivity index (χ4v) is 0.936. The summed E-state index contributed by atoms with van der Waals surface area (Å²) in [6.07, 6.45) is 2.52. The summed E-state index contributed by atoms with van der Waals surface area (Å²) in [6, 6.07) is 7.42. The third-order valence-corrected chi connectivity index (χ3v) is 1.46. The van der Waals surface area contributed by atoms with Crippen LogP contribution in [0.2, 0.25) is 0 Å². The third kappa shape index (κ3) is 7.56. The van der Waals surface area contributed by atoms with Crippen molar-refractivity contribution < 1.29 is 17.3 Å². The largest absolute Gasteiger partial charge is 0.673 e. The van der Waals surface area contributed by atoms with E-state index in [4.69, 9.17) is 5.39 Å². The number of nitrogens with zero attached hydrogens (tertiary/aromatic N) is 2. The van der Waals surface area contributed by atoms with Crippen molar-refractivity contribution in [2.24, 2.45) is 0 Å². The van der Waals surface area contributed by atoms with Crippen LogP contribution in [0.4, 0.5) is 23.0 Å². The van der Waals surface area contributed by atoms with E-state index in [1.54, 1.807) is 12.1 Å². The first kappa shape index (κ1) is 14.2. The van der Waals surface area contributed by atoms with E-state index in [-0.39, 0.29) is 0 Å². The zero-order valence-electron chi connectivity index (χ0n) is 8.28. The summed E-state index contributed by atoms with van der Waals surface area (Å²) >= 11 is 0. The third-order valence-electron chi connectivity index (χ3n) is 1.46. The molecule has 0 unspecified atom stereocenters. The summed E-state index contributed by atoms with van der Waals surface area (Å²) in [5.41, 5.74) is 1.61. The van der Waals surface area contributed by atoms with E-state index >= 15 is 0 Å². The molecular weight excluding hydrogens is 223 g/mol. The number of halogens is 4. The van der Waals surface area contributed by atoms with E-state index in [1.165, 1.54) is 0 Å². The molecule has 0 aliphatic carbocycles. The maximum absolute atomic E-state index is 9.75. The lowest BCUT2D eigenvalue weighted by molar-refractivity contribution is 0.368. The molecule has 7 heteroatoms. The van der Waals surface area contributed by atoms with Crippen molar-refractivity contribution in [2.75, 3.05) is 0 Å². The fraction of sp³-hybridized carbons (Fsp3) is 0.111. The van der Waals surface area contributed by atoms with E-state index in [0.717, 1.165) is 12.0 Å². The summed E-state index contributed by atoms with van der Waals surface area (Å²) in [5, 5.41) is 8.54. The van der Waals surface area contributed by atoms with Gasteiger partial charge in [-0.25, -0.2) is 0 Å². The second kappa shape index (κ2) is 6.61. The van der Waals surface area contributed by atoms with Crippen molar-refractivity contribution in [3.05, 3.63) is 47.5 Å². The van der Waals surface area contributed by atoms with E-state index < -0.39 is 7.25 Å². The van der Waals surface area contributed by atoms with E-state index in [0.29, 0.717) is 5.69 Å². The molecule has 16 heavy (non-hydrogen) atoms. The topological polar surface area (TPSA) is 28.1 Å². The smallest absolute Gasteiger partial charge is 0.418 e. The quantitative estimate of drug-likeness (QED) is 0.325. The Bertz CT molecular complexity index is 378. The molecular formula is C9H9BF4N2. The Morgan fingerprint density at radius 3 is 2.19 bits per heavy atom. The Morgan fingerprint density at radius 1 is 1.25 bits per heavy atom. The Kier molecular flexibility index (Phi) is 5.85. The molecule has 0 amide bonds. The average Bonchev–Trinajstić information content (AvgIpc) is 2.16.